The van der Waals surface area contributed by atoms with Crippen LogP contribution in [0.4, 0.5) is 22.4 Å². The molecule has 2 heterocycles. The van der Waals surface area contributed by atoms with Gasteiger partial charge < -0.3 is 14.6 Å². The van der Waals surface area contributed by atoms with Crippen molar-refractivity contribution in [3.05, 3.63) is 72.6 Å². The molecule has 2 aromatic carbocycles. The van der Waals surface area contributed by atoms with Crippen molar-refractivity contribution in [2.45, 2.75) is 57.5 Å². The Morgan fingerprint density at radius 1 is 1.05 bits per heavy atom. The summed E-state index contributed by atoms with van der Waals surface area (Å²) in [5, 5.41) is -0.642. The molecule has 10 nitrogen and oxygen atoms in total. The zero-order valence-corrected chi connectivity index (χ0v) is 25.9. The number of sulfone groups is 1. The SMILES string of the molecule is CCS(=O)(=O)c1ccc(Cl)cc1Cn1c(=O)[nH]c2c(F)c(CN3CCN(C(=O)OC(C)(C)C)CC3)c(C(F)(F)F)cc2c1=O. The van der Waals surface area contributed by atoms with Gasteiger partial charge in [-0.2, -0.15) is 13.2 Å². The van der Waals surface area contributed by atoms with Gasteiger partial charge in [0.15, 0.2) is 15.7 Å². The summed E-state index contributed by atoms with van der Waals surface area (Å²) in [6.45, 7) is 5.84. The molecular formula is C28H31ClF4N4O6S. The second-order valence-corrected chi connectivity index (χ2v) is 14.0. The fourth-order valence-corrected chi connectivity index (χ4v) is 6.19. The Morgan fingerprint density at radius 3 is 2.25 bits per heavy atom. The summed E-state index contributed by atoms with van der Waals surface area (Å²) in [6, 6.07) is 4.23. The fraction of sp³-hybridized carbons (Fsp3) is 0.464. The molecule has 240 valence electrons. The molecule has 0 radical (unpaired) electrons. The molecule has 3 aromatic rings. The smallest absolute Gasteiger partial charge is 0.416 e. The monoisotopic (exact) mass is 662 g/mol. The third-order valence-corrected chi connectivity index (χ3v) is 9.16. The molecule has 44 heavy (non-hydrogen) atoms. The first-order chi connectivity index (χ1) is 20.3. The average molecular weight is 663 g/mol. The van der Waals surface area contributed by atoms with Crippen molar-refractivity contribution in [2.24, 2.45) is 0 Å². The number of piperazine rings is 1. The van der Waals surface area contributed by atoms with Crippen LogP contribution in [0.5, 0.6) is 0 Å². The standard InChI is InChI=1S/C28H31ClF4N4O6S/c1-5-44(41,42)21-7-6-17(29)12-16(21)14-37-24(38)18-13-20(28(31,32)33)19(22(30)23(18)34-25(37)39)15-35-8-10-36(11-9-35)26(40)43-27(2,3)4/h6-7,12-13H,5,8-11,14-15H2,1-4H3,(H,34,39). The van der Waals surface area contributed by atoms with Gasteiger partial charge in [0.05, 0.1) is 33.7 Å². The van der Waals surface area contributed by atoms with Crippen LogP contribution in [0.2, 0.25) is 5.02 Å². The molecular weight excluding hydrogens is 632 g/mol. The van der Waals surface area contributed by atoms with Gasteiger partial charge in [0.1, 0.15) is 5.60 Å². The van der Waals surface area contributed by atoms with Crippen molar-refractivity contribution in [2.75, 3.05) is 31.9 Å². The minimum Gasteiger partial charge on any atom is -0.444 e. The molecule has 4 rings (SSSR count). The maximum Gasteiger partial charge on any atom is 0.416 e. The highest BCUT2D eigenvalue weighted by atomic mass is 35.5. The molecule has 1 fully saturated rings. The Morgan fingerprint density at radius 2 is 1.68 bits per heavy atom. The van der Waals surface area contributed by atoms with Crippen LogP contribution in [0.15, 0.2) is 38.8 Å². The van der Waals surface area contributed by atoms with E-state index in [9.17, 15) is 36.0 Å². The number of halogens is 5. The fourth-order valence-electron chi connectivity index (χ4n) is 4.88. The van der Waals surface area contributed by atoms with Gasteiger partial charge in [0.25, 0.3) is 5.56 Å². The number of benzene rings is 2. The second-order valence-electron chi connectivity index (χ2n) is 11.4. The predicted octanol–water partition coefficient (Wildman–Crippen LogP) is 4.40. The van der Waals surface area contributed by atoms with Crippen molar-refractivity contribution in [1.29, 1.82) is 0 Å². The third-order valence-electron chi connectivity index (χ3n) is 7.10. The van der Waals surface area contributed by atoms with Gasteiger partial charge in [0.2, 0.25) is 0 Å². The van der Waals surface area contributed by atoms with Crippen molar-refractivity contribution >= 4 is 38.4 Å². The van der Waals surface area contributed by atoms with Crippen molar-refractivity contribution in [3.8, 4) is 0 Å². The average Bonchev–Trinajstić information content (AvgIpc) is 2.91. The Hall–Kier alpha value is -3.43. The number of hydrogen-bond donors (Lipinski definition) is 1. The number of aromatic nitrogens is 2. The first-order valence-electron chi connectivity index (χ1n) is 13.6. The number of rotatable bonds is 6. The van der Waals surface area contributed by atoms with Gasteiger partial charge in [-0.3, -0.25) is 14.3 Å². The van der Waals surface area contributed by atoms with Gasteiger partial charge in [-0.25, -0.2) is 22.4 Å². The number of alkyl halides is 3. The van der Waals surface area contributed by atoms with Crippen molar-refractivity contribution < 1.29 is 35.5 Å². The molecule has 1 N–H and O–H groups in total. The van der Waals surface area contributed by atoms with Gasteiger partial charge >= 0.3 is 18.0 Å². The second kappa shape index (κ2) is 12.2. The minimum absolute atomic E-state index is 0.0371. The number of aromatic amines is 1. The highest BCUT2D eigenvalue weighted by Gasteiger charge is 2.37. The number of carbonyl (C=O) groups excluding carboxylic acids is 1. The summed E-state index contributed by atoms with van der Waals surface area (Å²) in [5.74, 6) is -1.72. The molecule has 1 amide bonds. The van der Waals surface area contributed by atoms with E-state index in [0.717, 1.165) is 0 Å². The summed E-state index contributed by atoms with van der Waals surface area (Å²) in [7, 11) is -3.83. The molecule has 16 heteroatoms. The third kappa shape index (κ3) is 7.10. The lowest BCUT2D eigenvalue weighted by molar-refractivity contribution is -0.138. The first kappa shape index (κ1) is 33.5. The number of H-pyrrole nitrogens is 1. The van der Waals surface area contributed by atoms with Crippen molar-refractivity contribution in [3.63, 3.8) is 0 Å². The van der Waals surface area contributed by atoms with E-state index in [-0.39, 0.29) is 47.4 Å². The molecule has 1 aliphatic rings. The van der Waals surface area contributed by atoms with E-state index in [1.807, 2.05) is 0 Å². The van der Waals surface area contributed by atoms with Gasteiger partial charge in [-0.15, -0.1) is 0 Å². The topological polar surface area (TPSA) is 122 Å². The Balaban J connectivity index is 1.73. The lowest BCUT2D eigenvalue weighted by Gasteiger charge is -2.36. The molecule has 0 spiro atoms. The van der Waals surface area contributed by atoms with E-state index in [1.54, 1.807) is 20.8 Å². The molecule has 1 saturated heterocycles. The van der Waals surface area contributed by atoms with Gasteiger partial charge in [0, 0.05) is 43.3 Å². The van der Waals surface area contributed by atoms with Crippen LogP contribution >= 0.6 is 11.6 Å². The summed E-state index contributed by atoms with van der Waals surface area (Å²) in [6.07, 6.45) is -5.64. The maximum atomic E-state index is 15.8. The van der Waals surface area contributed by atoms with E-state index >= 15 is 4.39 Å². The number of ether oxygens (including phenoxy) is 1. The Labute approximate surface area is 255 Å². The summed E-state index contributed by atoms with van der Waals surface area (Å²) >= 11 is 6.02. The van der Waals surface area contributed by atoms with E-state index in [2.05, 4.69) is 4.98 Å². The molecule has 1 aliphatic heterocycles. The molecule has 0 saturated carbocycles. The molecule has 0 unspecified atom stereocenters. The molecule has 0 bridgehead atoms. The number of fused-ring (bicyclic) bond motifs is 1. The molecule has 0 aliphatic carbocycles. The zero-order chi connectivity index (χ0) is 32.8. The summed E-state index contributed by atoms with van der Waals surface area (Å²) in [4.78, 5) is 43.6. The quantitative estimate of drug-likeness (QED) is 0.389. The Kier molecular flexibility index (Phi) is 9.25. The van der Waals surface area contributed by atoms with Gasteiger partial charge in [-0.05, 0) is 50.6 Å². The van der Waals surface area contributed by atoms with Crippen molar-refractivity contribution in [1.82, 2.24) is 19.4 Å². The number of carbonyl (C=O) groups is 1. The van der Waals surface area contributed by atoms with Crippen LogP contribution in [0.3, 0.4) is 0 Å². The number of nitrogens with one attached hydrogen (secondary N) is 1. The zero-order valence-electron chi connectivity index (χ0n) is 24.3. The predicted molar refractivity (Wildman–Crippen MR) is 155 cm³/mol. The van der Waals surface area contributed by atoms with E-state index in [4.69, 9.17) is 16.3 Å². The maximum absolute atomic E-state index is 15.8. The summed E-state index contributed by atoms with van der Waals surface area (Å²) in [5.41, 5.74) is -6.05. The Bertz CT molecular complexity index is 1830. The van der Waals surface area contributed by atoms with E-state index in [0.29, 0.717) is 10.6 Å². The van der Waals surface area contributed by atoms with Crippen LogP contribution in [-0.4, -0.2) is 71.4 Å². The van der Waals surface area contributed by atoms with E-state index < -0.39 is 79.9 Å². The highest BCUT2D eigenvalue weighted by molar-refractivity contribution is 7.91. The van der Waals surface area contributed by atoms with Crippen LogP contribution in [0.25, 0.3) is 10.9 Å². The highest BCUT2D eigenvalue weighted by Crippen LogP contribution is 2.36. The lowest BCUT2D eigenvalue weighted by Crippen LogP contribution is -2.49. The number of hydrogen-bond acceptors (Lipinski definition) is 7. The largest absolute Gasteiger partial charge is 0.444 e. The van der Waals surface area contributed by atoms with Crippen LogP contribution in [0, 0.1) is 5.82 Å². The summed E-state index contributed by atoms with van der Waals surface area (Å²) < 4.78 is 89.6. The normalized spacial score (nSPS) is 15.2. The van der Waals surface area contributed by atoms with Crippen LogP contribution in [0.1, 0.15) is 44.4 Å². The van der Waals surface area contributed by atoms with E-state index in [1.165, 1.54) is 34.9 Å². The van der Waals surface area contributed by atoms with Gasteiger partial charge in [-0.1, -0.05) is 18.5 Å². The number of amides is 1. The van der Waals surface area contributed by atoms with Crippen LogP contribution < -0.4 is 11.2 Å². The van der Waals surface area contributed by atoms with Crippen LogP contribution in [-0.2, 0) is 33.8 Å². The molecule has 0 atom stereocenters. The first-order valence-corrected chi connectivity index (χ1v) is 15.6. The molecule has 1 aromatic heterocycles. The minimum atomic E-state index is -5.06. The lowest BCUT2D eigenvalue weighted by atomic mass is 10.0. The number of nitrogens with zero attached hydrogens (tertiary/aromatic N) is 3.